The molecule has 0 aromatic rings. The molecule has 1 saturated heterocycles. The van der Waals surface area contributed by atoms with Gasteiger partial charge in [-0.3, -0.25) is 9.59 Å². The Kier molecular flexibility index (Phi) is 5.37. The summed E-state index contributed by atoms with van der Waals surface area (Å²) in [6, 6.07) is -0.140. The molecule has 1 saturated carbocycles. The quantitative estimate of drug-likeness (QED) is 0.638. The van der Waals surface area contributed by atoms with Crippen LogP contribution in [0, 0.1) is 5.92 Å². The Balaban J connectivity index is 1.80. The summed E-state index contributed by atoms with van der Waals surface area (Å²) in [4.78, 5) is 23.3. The summed E-state index contributed by atoms with van der Waals surface area (Å²) >= 11 is 0. The minimum atomic E-state index is -0.411. The predicted octanol–water partition coefficient (Wildman–Crippen LogP) is -0.0527. The van der Waals surface area contributed by atoms with E-state index in [1.165, 1.54) is 0 Å². The summed E-state index contributed by atoms with van der Waals surface area (Å²) in [7, 11) is 0. The molecule has 2 rings (SSSR count). The first-order valence-corrected chi connectivity index (χ1v) is 7.47. The van der Waals surface area contributed by atoms with Crippen LogP contribution >= 0.6 is 0 Å². The van der Waals surface area contributed by atoms with Crippen molar-refractivity contribution in [3.05, 3.63) is 0 Å². The fourth-order valence-corrected chi connectivity index (χ4v) is 2.57. The van der Waals surface area contributed by atoms with E-state index in [2.05, 4.69) is 10.6 Å². The van der Waals surface area contributed by atoms with Gasteiger partial charge in [0.1, 0.15) is 6.10 Å². The Morgan fingerprint density at radius 3 is 2.60 bits per heavy atom. The van der Waals surface area contributed by atoms with Gasteiger partial charge in [-0.1, -0.05) is 0 Å². The lowest BCUT2D eigenvalue weighted by Crippen LogP contribution is -2.51. The van der Waals surface area contributed by atoms with Crippen molar-refractivity contribution < 1.29 is 19.4 Å². The number of aliphatic hydroxyl groups is 1. The maximum absolute atomic E-state index is 11.8. The van der Waals surface area contributed by atoms with Crippen molar-refractivity contribution in [2.24, 2.45) is 5.92 Å². The predicted molar refractivity (Wildman–Crippen MR) is 72.9 cm³/mol. The van der Waals surface area contributed by atoms with Crippen LogP contribution in [0.5, 0.6) is 0 Å². The topological polar surface area (TPSA) is 87.7 Å². The minimum Gasteiger partial charge on any atom is -0.394 e. The number of rotatable bonds is 6. The van der Waals surface area contributed by atoms with Gasteiger partial charge in [-0.15, -0.1) is 0 Å². The molecule has 20 heavy (non-hydrogen) atoms. The van der Waals surface area contributed by atoms with E-state index in [0.29, 0.717) is 13.0 Å². The van der Waals surface area contributed by atoms with E-state index in [4.69, 9.17) is 4.74 Å². The van der Waals surface area contributed by atoms with Gasteiger partial charge in [-0.05, 0) is 32.6 Å². The molecule has 0 bridgehead atoms. The fraction of sp³-hybridized carbons (Fsp3) is 0.857. The average Bonchev–Trinajstić information content (AvgIpc) is 3.25. The molecule has 0 radical (unpaired) electrons. The Morgan fingerprint density at radius 2 is 2.00 bits per heavy atom. The Hall–Kier alpha value is -1.14. The van der Waals surface area contributed by atoms with Gasteiger partial charge in [0.2, 0.25) is 11.8 Å². The van der Waals surface area contributed by atoms with Crippen LogP contribution < -0.4 is 10.6 Å². The maximum atomic E-state index is 11.8. The first-order chi connectivity index (χ1) is 9.63. The zero-order chi connectivity index (χ0) is 14.5. The minimum absolute atomic E-state index is 0.0327. The number of amides is 2. The second-order valence-electron chi connectivity index (χ2n) is 5.60. The second-order valence-corrected chi connectivity index (χ2v) is 5.60. The van der Waals surface area contributed by atoms with Crippen LogP contribution in [0.4, 0.5) is 0 Å². The number of nitrogens with one attached hydrogen (secondary N) is 2. The monoisotopic (exact) mass is 284 g/mol. The van der Waals surface area contributed by atoms with Gasteiger partial charge in [0.25, 0.3) is 0 Å². The van der Waals surface area contributed by atoms with Crippen molar-refractivity contribution in [2.45, 2.75) is 57.3 Å². The molecule has 1 heterocycles. The molecule has 1 aliphatic heterocycles. The Morgan fingerprint density at radius 1 is 1.25 bits per heavy atom. The van der Waals surface area contributed by atoms with Crippen LogP contribution in [0.3, 0.4) is 0 Å². The Labute approximate surface area is 119 Å². The van der Waals surface area contributed by atoms with Gasteiger partial charge in [-0.2, -0.15) is 0 Å². The van der Waals surface area contributed by atoms with Crippen LogP contribution in [-0.2, 0) is 14.3 Å². The summed E-state index contributed by atoms with van der Waals surface area (Å²) in [5.74, 6) is 0.191. The molecule has 3 N–H and O–H groups in total. The molecule has 2 fully saturated rings. The molecular weight excluding hydrogens is 260 g/mol. The first-order valence-electron chi connectivity index (χ1n) is 7.47. The normalized spacial score (nSPS) is 29.8. The van der Waals surface area contributed by atoms with Crippen LogP contribution in [-0.4, -0.2) is 48.3 Å². The number of aliphatic hydroxyl groups excluding tert-OH is 1. The third-order valence-electron chi connectivity index (χ3n) is 3.86. The number of carbonyl (C=O) groups excluding carboxylic acids is 2. The summed E-state index contributed by atoms with van der Waals surface area (Å²) in [6.07, 6.45) is 3.12. The largest absolute Gasteiger partial charge is 0.394 e. The number of ether oxygens (including phenoxy) is 1. The standard InChI is InChI=1S/C14H24N2O4/c1-2-15-13(18)7-10-5-6-11(12(8-17)20-10)16-14(19)9-3-4-9/h9-12,17H,2-8H2,1H3,(H,15,18)(H,16,19)/t10-,11-,12+/m1/s1. The third kappa shape index (κ3) is 4.18. The fourth-order valence-electron chi connectivity index (χ4n) is 2.57. The van der Waals surface area contributed by atoms with Gasteiger partial charge < -0.3 is 20.5 Å². The van der Waals surface area contributed by atoms with E-state index < -0.39 is 6.10 Å². The lowest BCUT2D eigenvalue weighted by molar-refractivity contribution is -0.136. The van der Waals surface area contributed by atoms with Gasteiger partial charge in [0.05, 0.1) is 25.2 Å². The van der Waals surface area contributed by atoms with Crippen molar-refractivity contribution in [1.29, 1.82) is 0 Å². The van der Waals surface area contributed by atoms with Crippen molar-refractivity contribution in [1.82, 2.24) is 10.6 Å². The molecule has 2 amide bonds. The van der Waals surface area contributed by atoms with Gasteiger partial charge in [0.15, 0.2) is 0 Å². The molecule has 0 aromatic heterocycles. The average molecular weight is 284 g/mol. The smallest absolute Gasteiger partial charge is 0.223 e. The van der Waals surface area contributed by atoms with Crippen LogP contribution in [0.2, 0.25) is 0 Å². The van der Waals surface area contributed by atoms with Crippen molar-refractivity contribution >= 4 is 11.8 Å². The van der Waals surface area contributed by atoms with Crippen molar-refractivity contribution in [2.75, 3.05) is 13.2 Å². The van der Waals surface area contributed by atoms with E-state index in [9.17, 15) is 14.7 Å². The van der Waals surface area contributed by atoms with E-state index >= 15 is 0 Å². The van der Waals surface area contributed by atoms with Crippen LogP contribution in [0.1, 0.15) is 39.0 Å². The van der Waals surface area contributed by atoms with Crippen molar-refractivity contribution in [3.8, 4) is 0 Å². The highest BCUT2D eigenvalue weighted by Gasteiger charge is 2.36. The first kappa shape index (κ1) is 15.3. The van der Waals surface area contributed by atoms with Gasteiger partial charge in [-0.25, -0.2) is 0 Å². The maximum Gasteiger partial charge on any atom is 0.223 e. The molecule has 0 aromatic carbocycles. The highest BCUT2D eigenvalue weighted by atomic mass is 16.5. The number of carbonyl (C=O) groups is 2. The van der Waals surface area contributed by atoms with E-state index in [1.807, 2.05) is 6.92 Å². The highest BCUT2D eigenvalue weighted by Crippen LogP contribution is 2.30. The molecule has 6 nitrogen and oxygen atoms in total. The highest BCUT2D eigenvalue weighted by molar-refractivity contribution is 5.81. The molecule has 0 spiro atoms. The lowest BCUT2D eigenvalue weighted by Gasteiger charge is -2.36. The van der Waals surface area contributed by atoms with Crippen LogP contribution in [0.25, 0.3) is 0 Å². The summed E-state index contributed by atoms with van der Waals surface area (Å²) in [5.41, 5.74) is 0. The zero-order valence-corrected chi connectivity index (χ0v) is 11.9. The molecule has 114 valence electrons. The van der Waals surface area contributed by atoms with Gasteiger partial charge in [0, 0.05) is 12.5 Å². The molecule has 2 aliphatic rings. The summed E-state index contributed by atoms with van der Waals surface area (Å²) in [5, 5.41) is 15.1. The van der Waals surface area contributed by atoms with E-state index in [0.717, 1.165) is 25.7 Å². The zero-order valence-electron chi connectivity index (χ0n) is 11.9. The molecule has 0 unspecified atom stereocenters. The molecule has 1 aliphatic carbocycles. The number of hydrogen-bond donors (Lipinski definition) is 3. The molecular formula is C14H24N2O4. The van der Waals surface area contributed by atoms with Crippen LogP contribution in [0.15, 0.2) is 0 Å². The van der Waals surface area contributed by atoms with Gasteiger partial charge >= 0.3 is 0 Å². The lowest BCUT2D eigenvalue weighted by atomic mass is 9.96. The second kappa shape index (κ2) is 7.04. The third-order valence-corrected chi connectivity index (χ3v) is 3.86. The van der Waals surface area contributed by atoms with E-state index in [-0.39, 0.29) is 36.5 Å². The molecule has 6 heteroatoms. The SMILES string of the molecule is CCNC(=O)C[C@H]1CC[C@@H](NC(=O)C2CC2)[C@H](CO)O1. The summed E-state index contributed by atoms with van der Waals surface area (Å²) < 4.78 is 5.74. The number of hydrogen-bond acceptors (Lipinski definition) is 4. The van der Waals surface area contributed by atoms with E-state index in [1.54, 1.807) is 0 Å². The Bertz CT molecular complexity index is 357. The van der Waals surface area contributed by atoms with Crippen molar-refractivity contribution in [3.63, 3.8) is 0 Å². The molecule has 3 atom stereocenters. The summed E-state index contributed by atoms with van der Waals surface area (Å²) in [6.45, 7) is 2.34.